The Balaban J connectivity index is 2.26. The summed E-state index contributed by atoms with van der Waals surface area (Å²) in [7, 11) is 0. The van der Waals surface area contributed by atoms with Crippen LogP contribution < -0.4 is 5.73 Å². The Morgan fingerprint density at radius 1 is 1.43 bits per heavy atom. The van der Waals surface area contributed by atoms with E-state index in [-0.39, 0.29) is 12.0 Å². The van der Waals surface area contributed by atoms with Crippen LogP contribution in [0.25, 0.3) is 0 Å². The van der Waals surface area contributed by atoms with Gasteiger partial charge in [0.2, 0.25) is 0 Å². The van der Waals surface area contributed by atoms with Crippen LogP contribution in [0, 0.1) is 5.92 Å². The quantitative estimate of drug-likeness (QED) is 0.797. The lowest BCUT2D eigenvalue weighted by Gasteiger charge is -2.14. The Labute approximate surface area is 88.7 Å². The Morgan fingerprint density at radius 3 is 2.50 bits per heavy atom. The molecule has 0 unspecified atom stereocenters. The number of halogens is 1. The Bertz CT molecular complexity index is 325. The van der Waals surface area contributed by atoms with Crippen LogP contribution >= 0.6 is 11.6 Å². The average Bonchev–Trinajstić information content (AvgIpc) is 2.94. The van der Waals surface area contributed by atoms with Gasteiger partial charge >= 0.3 is 0 Å². The summed E-state index contributed by atoms with van der Waals surface area (Å²) in [6, 6.07) is 7.76. The zero-order valence-corrected chi connectivity index (χ0v) is 8.67. The highest BCUT2D eigenvalue weighted by molar-refractivity contribution is 6.30. The molecule has 1 fully saturated rings. The molecule has 1 aliphatic rings. The summed E-state index contributed by atoms with van der Waals surface area (Å²) in [5.74, 6) is 0.327. The number of rotatable bonds is 3. The first kappa shape index (κ1) is 9.97. The Kier molecular flexibility index (Phi) is 2.52. The number of benzene rings is 1. The molecule has 0 spiro atoms. The molecule has 1 aromatic rings. The third-order valence-electron chi connectivity index (χ3n) is 3.24. The van der Waals surface area contributed by atoms with Crippen LogP contribution in [0.4, 0.5) is 0 Å². The minimum Gasteiger partial charge on any atom is -0.396 e. The molecular formula is C11H14ClNO. The van der Waals surface area contributed by atoms with Gasteiger partial charge < -0.3 is 10.8 Å². The average molecular weight is 212 g/mol. The fraction of sp³-hybridized carbons (Fsp3) is 0.455. The second-order valence-electron chi connectivity index (χ2n) is 3.95. The number of aliphatic hydroxyl groups excluding tert-OH is 1. The normalized spacial score (nSPS) is 30.4. The molecule has 2 nitrogen and oxygen atoms in total. The van der Waals surface area contributed by atoms with E-state index in [1.807, 2.05) is 24.3 Å². The Morgan fingerprint density at radius 2 is 2.07 bits per heavy atom. The zero-order valence-electron chi connectivity index (χ0n) is 7.91. The topological polar surface area (TPSA) is 46.2 Å². The summed E-state index contributed by atoms with van der Waals surface area (Å²) in [6.45, 7) is 0.819. The lowest BCUT2D eigenvalue weighted by Crippen LogP contribution is -2.23. The summed E-state index contributed by atoms with van der Waals surface area (Å²) in [6.07, 6.45) is 0.988. The van der Waals surface area contributed by atoms with E-state index in [4.69, 9.17) is 22.4 Å². The molecule has 2 rings (SSSR count). The van der Waals surface area contributed by atoms with Gasteiger partial charge in [-0.1, -0.05) is 23.7 Å². The van der Waals surface area contributed by atoms with Crippen molar-refractivity contribution >= 4 is 11.6 Å². The second-order valence-corrected chi connectivity index (χ2v) is 4.39. The summed E-state index contributed by atoms with van der Waals surface area (Å²) >= 11 is 5.81. The van der Waals surface area contributed by atoms with Gasteiger partial charge in [0.15, 0.2) is 0 Å². The van der Waals surface area contributed by atoms with E-state index in [9.17, 15) is 0 Å². The van der Waals surface area contributed by atoms with Crippen molar-refractivity contribution in [3.63, 3.8) is 0 Å². The highest BCUT2D eigenvalue weighted by Gasteiger charge is 2.53. The van der Waals surface area contributed by atoms with Crippen molar-refractivity contribution < 1.29 is 5.11 Å². The molecule has 1 aliphatic carbocycles. The standard InChI is InChI=1S/C11H14ClNO/c12-10-3-1-8(2-4-10)11(7-13)5-9(11)6-14/h1-4,9,14H,5-7,13H2/t9-,11-/m1/s1. The predicted molar refractivity (Wildman–Crippen MR) is 57.4 cm³/mol. The van der Waals surface area contributed by atoms with E-state index >= 15 is 0 Å². The van der Waals surface area contributed by atoms with Crippen molar-refractivity contribution in [2.45, 2.75) is 11.8 Å². The first-order valence-electron chi connectivity index (χ1n) is 4.80. The molecule has 0 saturated heterocycles. The molecule has 0 radical (unpaired) electrons. The van der Waals surface area contributed by atoms with Crippen LogP contribution in [0.5, 0.6) is 0 Å². The van der Waals surface area contributed by atoms with Crippen LogP contribution in [-0.2, 0) is 5.41 Å². The molecule has 0 heterocycles. The van der Waals surface area contributed by atoms with Gasteiger partial charge in [-0.3, -0.25) is 0 Å². The van der Waals surface area contributed by atoms with E-state index in [0.717, 1.165) is 11.4 Å². The van der Waals surface area contributed by atoms with Gasteiger partial charge in [-0.05, 0) is 30.0 Å². The monoisotopic (exact) mass is 211 g/mol. The molecule has 0 aromatic heterocycles. The maximum Gasteiger partial charge on any atom is 0.0468 e. The number of nitrogens with two attached hydrogens (primary N) is 1. The van der Waals surface area contributed by atoms with Gasteiger partial charge in [-0.2, -0.15) is 0 Å². The third-order valence-corrected chi connectivity index (χ3v) is 3.49. The maximum atomic E-state index is 9.11. The van der Waals surface area contributed by atoms with Crippen molar-refractivity contribution in [3.8, 4) is 0 Å². The number of aliphatic hydroxyl groups is 1. The van der Waals surface area contributed by atoms with E-state index in [2.05, 4.69) is 0 Å². The molecule has 0 bridgehead atoms. The molecule has 76 valence electrons. The van der Waals surface area contributed by atoms with Crippen molar-refractivity contribution in [2.24, 2.45) is 11.7 Å². The molecule has 2 atom stereocenters. The molecule has 1 saturated carbocycles. The molecule has 3 N–H and O–H groups in total. The van der Waals surface area contributed by atoms with Gasteiger partial charge in [0.05, 0.1) is 0 Å². The highest BCUT2D eigenvalue weighted by Crippen LogP contribution is 2.53. The molecule has 14 heavy (non-hydrogen) atoms. The van der Waals surface area contributed by atoms with E-state index in [1.165, 1.54) is 5.56 Å². The van der Waals surface area contributed by atoms with E-state index < -0.39 is 0 Å². The largest absolute Gasteiger partial charge is 0.396 e. The Hall–Kier alpha value is -0.570. The van der Waals surface area contributed by atoms with Crippen molar-refractivity contribution in [2.75, 3.05) is 13.2 Å². The van der Waals surface area contributed by atoms with E-state index in [0.29, 0.717) is 12.5 Å². The zero-order chi connectivity index (χ0) is 10.2. The van der Waals surface area contributed by atoms with Gasteiger partial charge in [-0.15, -0.1) is 0 Å². The van der Waals surface area contributed by atoms with Gasteiger partial charge in [0.1, 0.15) is 0 Å². The van der Waals surface area contributed by atoms with Crippen LogP contribution in [0.1, 0.15) is 12.0 Å². The van der Waals surface area contributed by atoms with Crippen molar-refractivity contribution in [1.29, 1.82) is 0 Å². The van der Waals surface area contributed by atoms with Gasteiger partial charge in [0.25, 0.3) is 0 Å². The predicted octanol–water partition coefficient (Wildman–Crippen LogP) is 1.55. The minimum absolute atomic E-state index is 0.0132. The molecule has 1 aromatic carbocycles. The molecule has 0 amide bonds. The minimum atomic E-state index is 0.0132. The first-order valence-corrected chi connectivity index (χ1v) is 5.18. The van der Waals surface area contributed by atoms with Gasteiger partial charge in [-0.25, -0.2) is 0 Å². The second kappa shape index (κ2) is 3.54. The SMILES string of the molecule is NC[C@@]1(c2ccc(Cl)cc2)C[C@@H]1CO. The van der Waals surface area contributed by atoms with Crippen LogP contribution in [0.2, 0.25) is 5.02 Å². The van der Waals surface area contributed by atoms with E-state index in [1.54, 1.807) is 0 Å². The summed E-state index contributed by atoms with van der Waals surface area (Å²) in [5, 5.41) is 9.85. The summed E-state index contributed by atoms with van der Waals surface area (Å²) in [4.78, 5) is 0. The highest BCUT2D eigenvalue weighted by atomic mass is 35.5. The van der Waals surface area contributed by atoms with Gasteiger partial charge in [0, 0.05) is 23.6 Å². The fourth-order valence-electron chi connectivity index (χ4n) is 2.12. The summed E-state index contributed by atoms with van der Waals surface area (Å²) in [5.41, 5.74) is 6.97. The third kappa shape index (κ3) is 1.44. The first-order chi connectivity index (χ1) is 6.73. The van der Waals surface area contributed by atoms with Crippen molar-refractivity contribution in [1.82, 2.24) is 0 Å². The van der Waals surface area contributed by atoms with Crippen molar-refractivity contribution in [3.05, 3.63) is 34.9 Å². The fourth-order valence-corrected chi connectivity index (χ4v) is 2.25. The maximum absolute atomic E-state index is 9.11. The van der Waals surface area contributed by atoms with Crippen LogP contribution in [0.3, 0.4) is 0 Å². The molecular weight excluding hydrogens is 198 g/mol. The van der Waals surface area contributed by atoms with Crippen LogP contribution in [0.15, 0.2) is 24.3 Å². The number of hydrogen-bond acceptors (Lipinski definition) is 2. The lowest BCUT2D eigenvalue weighted by atomic mass is 9.93. The smallest absolute Gasteiger partial charge is 0.0468 e. The number of hydrogen-bond donors (Lipinski definition) is 2. The van der Waals surface area contributed by atoms with Crippen LogP contribution in [-0.4, -0.2) is 18.3 Å². The lowest BCUT2D eigenvalue weighted by molar-refractivity contribution is 0.264. The summed E-state index contributed by atoms with van der Waals surface area (Å²) < 4.78 is 0. The molecule has 0 aliphatic heterocycles. The molecule has 3 heteroatoms.